The number of anilines is 1. The van der Waals surface area contributed by atoms with Gasteiger partial charge in [0, 0.05) is 16.3 Å². The van der Waals surface area contributed by atoms with Crippen LogP contribution in [0.3, 0.4) is 0 Å². The molecule has 2 aromatic carbocycles. The number of methoxy groups -OCH3 is 3. The number of nitrogens with two attached hydrogens (primary N) is 1. The molecule has 4 rings (SSSR count). The number of halogens is 1. The number of rotatable bonds is 6. The van der Waals surface area contributed by atoms with Gasteiger partial charge in [0.1, 0.15) is 6.04 Å². The number of amides is 1. The first kappa shape index (κ1) is 21.5. The van der Waals surface area contributed by atoms with E-state index in [1.54, 1.807) is 35.9 Å². The highest BCUT2D eigenvalue weighted by Gasteiger charge is 2.34. The Kier molecular flexibility index (Phi) is 5.67. The van der Waals surface area contributed by atoms with Crippen LogP contribution in [0, 0.1) is 0 Å². The van der Waals surface area contributed by atoms with Crippen LogP contribution in [0.2, 0.25) is 5.02 Å². The van der Waals surface area contributed by atoms with Gasteiger partial charge in [-0.15, -0.1) is 5.10 Å². The smallest absolute Gasteiger partial charge is 0.248 e. The number of allylic oxidation sites excluding steroid dienone is 1. The molecule has 0 saturated carbocycles. The molecule has 32 heavy (non-hydrogen) atoms. The molecule has 3 aromatic rings. The third-order valence-corrected chi connectivity index (χ3v) is 5.44. The van der Waals surface area contributed by atoms with Crippen molar-refractivity contribution in [3.05, 3.63) is 58.3 Å². The van der Waals surface area contributed by atoms with Gasteiger partial charge < -0.3 is 25.3 Å². The topological polar surface area (TPSA) is 114 Å². The zero-order valence-corrected chi connectivity index (χ0v) is 18.7. The molecule has 2 heterocycles. The summed E-state index contributed by atoms with van der Waals surface area (Å²) in [7, 11) is 4.58. The summed E-state index contributed by atoms with van der Waals surface area (Å²) in [5, 5.41) is 8.36. The van der Waals surface area contributed by atoms with Crippen molar-refractivity contribution >= 4 is 23.5 Å². The van der Waals surface area contributed by atoms with E-state index in [-0.39, 0.29) is 0 Å². The fourth-order valence-corrected chi connectivity index (χ4v) is 3.98. The fourth-order valence-electron chi connectivity index (χ4n) is 3.79. The molecule has 1 aliphatic heterocycles. The summed E-state index contributed by atoms with van der Waals surface area (Å²) < 4.78 is 18.0. The molecule has 0 radical (unpaired) electrons. The van der Waals surface area contributed by atoms with Crippen molar-refractivity contribution in [1.82, 2.24) is 14.8 Å². The number of aromatic nitrogens is 3. The number of hydrogen-bond donors (Lipinski definition) is 2. The summed E-state index contributed by atoms with van der Waals surface area (Å²) in [4.78, 5) is 17.1. The van der Waals surface area contributed by atoms with Crippen LogP contribution in [0.25, 0.3) is 11.4 Å². The Morgan fingerprint density at radius 1 is 1.12 bits per heavy atom. The van der Waals surface area contributed by atoms with Crippen molar-refractivity contribution in [1.29, 1.82) is 0 Å². The Balaban J connectivity index is 1.93. The van der Waals surface area contributed by atoms with E-state index in [4.69, 9.17) is 31.5 Å². The average Bonchev–Trinajstić information content (AvgIpc) is 3.20. The zero-order chi connectivity index (χ0) is 23.0. The maximum absolute atomic E-state index is 12.5. The monoisotopic (exact) mass is 455 g/mol. The lowest BCUT2D eigenvalue weighted by molar-refractivity contribution is -0.115. The van der Waals surface area contributed by atoms with E-state index >= 15 is 0 Å². The number of ether oxygens (including phenoxy) is 3. The minimum atomic E-state index is -0.669. The summed E-state index contributed by atoms with van der Waals surface area (Å²) in [5.74, 6) is 1.65. The summed E-state index contributed by atoms with van der Waals surface area (Å²) in [5.41, 5.74) is 8.10. The molecule has 0 saturated heterocycles. The number of carbonyl (C=O) groups excluding carboxylic acids is 1. The molecule has 1 unspecified atom stereocenters. The largest absolute Gasteiger partial charge is 0.493 e. The molecule has 9 nitrogen and oxygen atoms in total. The van der Waals surface area contributed by atoms with Gasteiger partial charge in [0.2, 0.25) is 17.6 Å². The van der Waals surface area contributed by atoms with Gasteiger partial charge in [0.15, 0.2) is 17.3 Å². The summed E-state index contributed by atoms with van der Waals surface area (Å²) >= 11 is 6.14. The Morgan fingerprint density at radius 3 is 2.38 bits per heavy atom. The second-order valence-corrected chi connectivity index (χ2v) is 7.54. The van der Waals surface area contributed by atoms with Crippen LogP contribution in [0.15, 0.2) is 47.7 Å². The number of fused-ring (bicyclic) bond motifs is 1. The van der Waals surface area contributed by atoms with Gasteiger partial charge in [-0.3, -0.25) is 4.79 Å². The van der Waals surface area contributed by atoms with E-state index in [2.05, 4.69) is 15.4 Å². The van der Waals surface area contributed by atoms with Crippen LogP contribution in [-0.4, -0.2) is 42.0 Å². The number of benzene rings is 2. The predicted molar refractivity (Wildman–Crippen MR) is 120 cm³/mol. The highest BCUT2D eigenvalue weighted by Crippen LogP contribution is 2.44. The minimum absolute atomic E-state index is 0.342. The van der Waals surface area contributed by atoms with Gasteiger partial charge in [0.25, 0.3) is 0 Å². The van der Waals surface area contributed by atoms with Crippen molar-refractivity contribution < 1.29 is 19.0 Å². The van der Waals surface area contributed by atoms with E-state index in [0.29, 0.717) is 50.9 Å². The van der Waals surface area contributed by atoms with E-state index < -0.39 is 11.9 Å². The molecule has 1 aromatic heterocycles. The first-order valence-corrected chi connectivity index (χ1v) is 10.1. The zero-order valence-electron chi connectivity index (χ0n) is 18.0. The highest BCUT2D eigenvalue weighted by molar-refractivity contribution is 6.30. The van der Waals surface area contributed by atoms with Gasteiger partial charge in [-0.1, -0.05) is 23.7 Å². The molecule has 0 fully saturated rings. The Morgan fingerprint density at radius 2 is 1.81 bits per heavy atom. The van der Waals surface area contributed by atoms with Crippen molar-refractivity contribution in [2.75, 3.05) is 26.6 Å². The normalized spacial score (nSPS) is 15.1. The summed E-state index contributed by atoms with van der Waals surface area (Å²) in [6.07, 6.45) is 0. The van der Waals surface area contributed by atoms with E-state index in [1.165, 1.54) is 21.3 Å². The first-order valence-electron chi connectivity index (χ1n) is 9.67. The minimum Gasteiger partial charge on any atom is -0.493 e. The molecule has 1 aliphatic rings. The third kappa shape index (κ3) is 3.60. The maximum atomic E-state index is 12.5. The van der Waals surface area contributed by atoms with Gasteiger partial charge in [-0.25, -0.2) is 4.68 Å². The Bertz CT molecular complexity index is 1210. The van der Waals surface area contributed by atoms with Crippen LogP contribution in [0.4, 0.5) is 5.95 Å². The van der Waals surface area contributed by atoms with Crippen LogP contribution >= 0.6 is 11.6 Å². The van der Waals surface area contributed by atoms with Gasteiger partial charge in [0.05, 0.1) is 26.9 Å². The Hall–Kier alpha value is -3.72. The predicted octanol–water partition coefficient (Wildman–Crippen LogP) is 3.40. The number of carbonyl (C=O) groups is 1. The number of primary amides is 1. The lowest BCUT2D eigenvalue weighted by Gasteiger charge is -2.28. The lowest BCUT2D eigenvalue weighted by atomic mass is 9.94. The molecule has 10 heteroatoms. The van der Waals surface area contributed by atoms with Crippen LogP contribution in [0.5, 0.6) is 17.2 Å². The van der Waals surface area contributed by atoms with Gasteiger partial charge >= 0.3 is 0 Å². The van der Waals surface area contributed by atoms with Crippen molar-refractivity contribution in [2.24, 2.45) is 5.73 Å². The molecule has 166 valence electrons. The lowest BCUT2D eigenvalue weighted by Crippen LogP contribution is -2.31. The van der Waals surface area contributed by atoms with Crippen molar-refractivity contribution in [3.63, 3.8) is 0 Å². The van der Waals surface area contributed by atoms with Crippen LogP contribution in [-0.2, 0) is 4.79 Å². The average molecular weight is 456 g/mol. The van der Waals surface area contributed by atoms with Crippen LogP contribution < -0.4 is 25.3 Å². The molecule has 0 spiro atoms. The second kappa shape index (κ2) is 8.43. The number of nitrogens with one attached hydrogen (secondary N) is 1. The Labute approximate surface area is 189 Å². The van der Waals surface area contributed by atoms with E-state index in [9.17, 15) is 4.79 Å². The number of nitrogens with zero attached hydrogens (tertiary/aromatic N) is 3. The van der Waals surface area contributed by atoms with E-state index in [1.807, 2.05) is 12.1 Å². The molecule has 0 aliphatic carbocycles. The molecular weight excluding hydrogens is 434 g/mol. The standard InChI is InChI=1S/C22H22ClN5O4/c1-11-17(20(24)29)18(13-9-15(30-2)19(32-4)16(10-13)31-3)28-22(25-11)26-21(27-28)12-6-5-7-14(23)8-12/h5-10,18H,1-4H3,(H2,24,29)(H,25,26,27). The molecule has 1 atom stereocenters. The highest BCUT2D eigenvalue weighted by atomic mass is 35.5. The second-order valence-electron chi connectivity index (χ2n) is 7.10. The van der Waals surface area contributed by atoms with Gasteiger partial charge in [-0.05, 0) is 36.8 Å². The quantitative estimate of drug-likeness (QED) is 0.585. The third-order valence-electron chi connectivity index (χ3n) is 5.20. The summed E-state index contributed by atoms with van der Waals surface area (Å²) in [6.45, 7) is 1.77. The fraction of sp³-hybridized carbons (Fsp3) is 0.227. The first-order chi connectivity index (χ1) is 15.4. The number of hydrogen-bond acceptors (Lipinski definition) is 7. The molecule has 0 bridgehead atoms. The molecule has 1 amide bonds. The van der Waals surface area contributed by atoms with Crippen LogP contribution in [0.1, 0.15) is 18.5 Å². The summed E-state index contributed by atoms with van der Waals surface area (Å²) in [6, 6.07) is 10.1. The van der Waals surface area contributed by atoms with E-state index in [0.717, 1.165) is 5.56 Å². The van der Waals surface area contributed by atoms with Crippen molar-refractivity contribution in [3.8, 4) is 28.6 Å². The molecular formula is C22H22ClN5O4. The van der Waals surface area contributed by atoms with Gasteiger partial charge in [-0.2, -0.15) is 4.98 Å². The SMILES string of the molecule is COc1cc(C2C(C(N)=O)=C(C)Nc3nc(-c4cccc(Cl)c4)nn32)cc(OC)c1OC. The molecule has 3 N–H and O–H groups in total. The maximum Gasteiger partial charge on any atom is 0.248 e. The van der Waals surface area contributed by atoms with Crippen molar-refractivity contribution in [2.45, 2.75) is 13.0 Å².